The zero-order valence-electron chi connectivity index (χ0n) is 9.76. The van der Waals surface area contributed by atoms with Crippen LogP contribution in [0.5, 0.6) is 0 Å². The van der Waals surface area contributed by atoms with Crippen LogP contribution in [0.3, 0.4) is 0 Å². The van der Waals surface area contributed by atoms with Crippen molar-refractivity contribution in [1.29, 1.82) is 0 Å². The van der Waals surface area contributed by atoms with Crippen molar-refractivity contribution in [3.05, 3.63) is 12.2 Å². The fourth-order valence-electron chi connectivity index (χ4n) is 3.96. The van der Waals surface area contributed by atoms with Gasteiger partial charge in [0.05, 0.1) is 12.2 Å². The topological polar surface area (TPSA) is 40.5 Å². The molecular weight excluding hydrogens is 200 g/mol. The van der Waals surface area contributed by atoms with Crippen LogP contribution in [0.15, 0.2) is 12.2 Å². The van der Waals surface area contributed by atoms with Gasteiger partial charge in [-0.2, -0.15) is 0 Å². The van der Waals surface area contributed by atoms with Crippen LogP contribution in [0.1, 0.15) is 38.5 Å². The molecule has 2 heteroatoms. The Morgan fingerprint density at radius 1 is 0.812 bits per heavy atom. The lowest BCUT2D eigenvalue weighted by Gasteiger charge is -2.14. The van der Waals surface area contributed by atoms with Gasteiger partial charge in [0.1, 0.15) is 0 Å². The molecular formula is C14H22O2. The Bertz CT molecular complexity index is 284. The van der Waals surface area contributed by atoms with Crippen molar-refractivity contribution < 1.29 is 10.2 Å². The van der Waals surface area contributed by atoms with E-state index in [4.69, 9.17) is 5.11 Å². The van der Waals surface area contributed by atoms with Crippen LogP contribution in [0.2, 0.25) is 0 Å². The van der Waals surface area contributed by atoms with E-state index in [9.17, 15) is 5.11 Å². The molecule has 0 radical (unpaired) electrons. The van der Waals surface area contributed by atoms with Crippen LogP contribution in [0.4, 0.5) is 0 Å². The van der Waals surface area contributed by atoms with Crippen molar-refractivity contribution >= 4 is 0 Å². The number of aliphatic hydroxyl groups is 2. The molecule has 0 saturated heterocycles. The van der Waals surface area contributed by atoms with E-state index < -0.39 is 0 Å². The Hall–Kier alpha value is -0.340. The molecule has 0 aliphatic heterocycles. The zero-order chi connectivity index (χ0) is 11.1. The molecule has 2 nitrogen and oxygen atoms in total. The largest absolute Gasteiger partial charge is 0.393 e. The predicted octanol–water partition coefficient (Wildman–Crippen LogP) is 2.11. The van der Waals surface area contributed by atoms with Gasteiger partial charge >= 0.3 is 0 Å². The second-order valence-electron chi connectivity index (χ2n) is 6.09. The third kappa shape index (κ3) is 1.93. The number of fused-ring (bicyclic) bond motifs is 4. The maximum Gasteiger partial charge on any atom is 0.0608 e. The molecule has 0 spiro atoms. The SMILES string of the molecule is OC1CC2C=CC1C2.O[C@@H]1C[C@H]2CC[C@@H]1C2. The van der Waals surface area contributed by atoms with Gasteiger partial charge in [0.15, 0.2) is 0 Å². The van der Waals surface area contributed by atoms with E-state index in [0.29, 0.717) is 11.8 Å². The first kappa shape index (κ1) is 10.8. The van der Waals surface area contributed by atoms with E-state index in [1.54, 1.807) is 0 Å². The van der Waals surface area contributed by atoms with Crippen molar-refractivity contribution in [2.24, 2.45) is 23.7 Å². The first-order chi connectivity index (χ1) is 7.72. The summed E-state index contributed by atoms with van der Waals surface area (Å²) in [5.41, 5.74) is 0. The maximum absolute atomic E-state index is 9.22. The standard InChI is InChI=1S/C7H12O.C7H10O/c2*8-7-4-5-1-2-6(7)3-5/h5-8H,1-4H2;1-2,5-8H,3-4H2/t5-,6+,7+;/m0./s1. The Kier molecular flexibility index (Phi) is 2.80. The van der Waals surface area contributed by atoms with Crippen LogP contribution in [-0.4, -0.2) is 22.4 Å². The highest BCUT2D eigenvalue weighted by atomic mass is 16.3. The summed E-state index contributed by atoms with van der Waals surface area (Å²) in [7, 11) is 0. The molecule has 0 heterocycles. The average molecular weight is 222 g/mol. The summed E-state index contributed by atoms with van der Waals surface area (Å²) >= 11 is 0. The molecule has 2 N–H and O–H groups in total. The third-order valence-corrected chi connectivity index (χ3v) is 4.94. The number of hydrogen-bond acceptors (Lipinski definition) is 2. The van der Waals surface area contributed by atoms with Crippen molar-refractivity contribution in [3.8, 4) is 0 Å². The Morgan fingerprint density at radius 3 is 1.94 bits per heavy atom. The molecule has 3 unspecified atom stereocenters. The molecule has 4 aliphatic carbocycles. The quantitative estimate of drug-likeness (QED) is 0.616. The van der Waals surface area contributed by atoms with Gasteiger partial charge < -0.3 is 10.2 Å². The molecule has 4 bridgehead atoms. The number of hydrogen-bond donors (Lipinski definition) is 2. The number of aliphatic hydroxyl groups excluding tert-OH is 2. The molecule has 3 saturated carbocycles. The minimum Gasteiger partial charge on any atom is -0.393 e. The highest BCUT2D eigenvalue weighted by Crippen LogP contribution is 2.44. The van der Waals surface area contributed by atoms with Crippen LogP contribution in [-0.2, 0) is 0 Å². The molecule has 4 rings (SSSR count). The fraction of sp³-hybridized carbons (Fsp3) is 0.857. The molecule has 0 aromatic heterocycles. The normalized spacial score (nSPS) is 51.9. The summed E-state index contributed by atoms with van der Waals surface area (Å²) < 4.78 is 0. The minimum absolute atomic E-state index is 0.00926. The molecule has 90 valence electrons. The van der Waals surface area contributed by atoms with Gasteiger partial charge in [-0.15, -0.1) is 0 Å². The molecule has 3 fully saturated rings. The van der Waals surface area contributed by atoms with E-state index in [1.807, 2.05) is 0 Å². The minimum atomic E-state index is -0.00926. The summed E-state index contributed by atoms with van der Waals surface area (Å²) in [4.78, 5) is 0. The lowest BCUT2D eigenvalue weighted by molar-refractivity contribution is 0.113. The summed E-state index contributed by atoms with van der Waals surface area (Å²) in [5.74, 6) is 2.82. The van der Waals surface area contributed by atoms with Gasteiger partial charge in [-0.3, -0.25) is 0 Å². The lowest BCUT2D eigenvalue weighted by atomic mass is 9.98. The second-order valence-corrected chi connectivity index (χ2v) is 6.09. The van der Waals surface area contributed by atoms with Crippen LogP contribution in [0, 0.1) is 23.7 Å². The van der Waals surface area contributed by atoms with Crippen LogP contribution < -0.4 is 0 Å². The zero-order valence-corrected chi connectivity index (χ0v) is 9.76. The summed E-state index contributed by atoms with van der Waals surface area (Å²) in [6.07, 6.45) is 11.8. The molecule has 0 amide bonds. The highest BCUT2D eigenvalue weighted by Gasteiger charge is 2.38. The second kappa shape index (κ2) is 4.15. The van der Waals surface area contributed by atoms with Crippen molar-refractivity contribution in [2.45, 2.75) is 50.7 Å². The first-order valence-corrected chi connectivity index (χ1v) is 6.77. The Morgan fingerprint density at radius 2 is 1.69 bits per heavy atom. The van der Waals surface area contributed by atoms with Crippen molar-refractivity contribution in [2.75, 3.05) is 0 Å². The van der Waals surface area contributed by atoms with Gasteiger partial charge in [-0.25, -0.2) is 0 Å². The Labute approximate surface area is 97.4 Å². The molecule has 16 heavy (non-hydrogen) atoms. The van der Waals surface area contributed by atoms with Crippen molar-refractivity contribution in [3.63, 3.8) is 0 Å². The molecule has 4 aliphatic rings. The molecule has 0 aromatic carbocycles. The fourth-order valence-corrected chi connectivity index (χ4v) is 3.96. The average Bonchev–Trinajstić information content (AvgIpc) is 2.94. The van der Waals surface area contributed by atoms with Gasteiger partial charge in [-0.05, 0) is 56.3 Å². The third-order valence-electron chi connectivity index (χ3n) is 4.94. The van der Waals surface area contributed by atoms with E-state index >= 15 is 0 Å². The van der Waals surface area contributed by atoms with Crippen LogP contribution >= 0.6 is 0 Å². The molecule has 0 aromatic rings. The maximum atomic E-state index is 9.22. The van der Waals surface area contributed by atoms with Gasteiger partial charge in [0.25, 0.3) is 0 Å². The van der Waals surface area contributed by atoms with Crippen molar-refractivity contribution in [1.82, 2.24) is 0 Å². The lowest BCUT2D eigenvalue weighted by Crippen LogP contribution is -2.14. The van der Waals surface area contributed by atoms with E-state index in [0.717, 1.165) is 24.7 Å². The summed E-state index contributed by atoms with van der Waals surface area (Å²) in [6.45, 7) is 0. The first-order valence-electron chi connectivity index (χ1n) is 6.77. The van der Waals surface area contributed by atoms with Gasteiger partial charge in [0.2, 0.25) is 0 Å². The highest BCUT2D eigenvalue weighted by molar-refractivity contribution is 5.10. The van der Waals surface area contributed by atoms with Gasteiger partial charge in [-0.1, -0.05) is 12.2 Å². The van der Waals surface area contributed by atoms with Crippen LogP contribution in [0.25, 0.3) is 0 Å². The smallest absolute Gasteiger partial charge is 0.0608 e. The monoisotopic (exact) mass is 222 g/mol. The summed E-state index contributed by atoms with van der Waals surface area (Å²) in [5, 5.41) is 18.4. The number of rotatable bonds is 0. The van der Waals surface area contributed by atoms with E-state index in [-0.39, 0.29) is 12.2 Å². The van der Waals surface area contributed by atoms with E-state index in [2.05, 4.69) is 12.2 Å². The summed E-state index contributed by atoms with van der Waals surface area (Å²) in [6, 6.07) is 0. The Balaban J connectivity index is 0.000000101. The molecule has 6 atom stereocenters. The predicted molar refractivity (Wildman–Crippen MR) is 62.8 cm³/mol. The number of allylic oxidation sites excluding steroid dienone is 1. The van der Waals surface area contributed by atoms with E-state index in [1.165, 1.54) is 25.7 Å². The van der Waals surface area contributed by atoms with Gasteiger partial charge in [0, 0.05) is 5.92 Å².